The van der Waals surface area contributed by atoms with Crippen molar-refractivity contribution in [1.29, 1.82) is 0 Å². The van der Waals surface area contributed by atoms with E-state index >= 15 is 0 Å². The van der Waals surface area contributed by atoms with Crippen LogP contribution in [-0.4, -0.2) is 11.7 Å². The molecule has 3 N–H and O–H groups in total. The van der Waals surface area contributed by atoms with Gasteiger partial charge in [0.2, 0.25) is 0 Å². The molecule has 0 radical (unpaired) electrons. The zero-order valence-electron chi connectivity index (χ0n) is 10.1. The minimum atomic E-state index is -0.454. The lowest BCUT2D eigenvalue weighted by atomic mass is 9.99. The minimum absolute atomic E-state index is 0.0313. The minimum Gasteiger partial charge on any atom is -0.387 e. The summed E-state index contributed by atoms with van der Waals surface area (Å²) in [4.78, 5) is 3.73. The maximum Gasteiger partial charge on any atom is 0.0970 e. The molecule has 4 heteroatoms. The lowest BCUT2D eigenvalue weighted by Gasteiger charge is -2.19. The molecule has 0 aliphatic heterocycles. The van der Waals surface area contributed by atoms with Crippen molar-refractivity contribution in [3.8, 4) is 0 Å². The van der Waals surface area contributed by atoms with Crippen LogP contribution < -0.4 is 5.73 Å². The quantitative estimate of drug-likeness (QED) is 0.903. The maximum atomic E-state index is 10.5. The smallest absolute Gasteiger partial charge is 0.0970 e. The van der Waals surface area contributed by atoms with Crippen LogP contribution in [-0.2, 0) is 12.8 Å². The number of fused-ring (bicyclic) bond motifs is 1. The topological polar surface area (TPSA) is 46.2 Å². The van der Waals surface area contributed by atoms with Crippen molar-refractivity contribution in [3.05, 3.63) is 43.8 Å². The predicted molar refractivity (Wildman–Crippen MR) is 77.4 cm³/mol. The lowest BCUT2D eigenvalue weighted by molar-refractivity contribution is 0.152. The summed E-state index contributed by atoms with van der Waals surface area (Å²) in [5, 5.41) is 12.6. The van der Waals surface area contributed by atoms with Gasteiger partial charge in [0.25, 0.3) is 0 Å². The number of thiophene rings is 2. The van der Waals surface area contributed by atoms with E-state index in [0.717, 1.165) is 4.88 Å². The summed E-state index contributed by atoms with van der Waals surface area (Å²) in [7, 11) is 0. The van der Waals surface area contributed by atoms with Crippen molar-refractivity contribution in [3.63, 3.8) is 0 Å². The van der Waals surface area contributed by atoms with Gasteiger partial charge in [-0.2, -0.15) is 0 Å². The van der Waals surface area contributed by atoms with E-state index in [1.807, 2.05) is 11.4 Å². The van der Waals surface area contributed by atoms with Crippen LogP contribution in [0, 0.1) is 0 Å². The number of hydrogen-bond donors (Lipinski definition) is 2. The molecule has 0 saturated heterocycles. The summed E-state index contributed by atoms with van der Waals surface area (Å²) >= 11 is 3.44. The molecule has 18 heavy (non-hydrogen) atoms. The SMILES string of the molecule is NCC(c1cccs1)C(O)c1cc2c(s1)CCC2. The molecule has 1 aliphatic carbocycles. The van der Waals surface area contributed by atoms with E-state index in [-0.39, 0.29) is 5.92 Å². The van der Waals surface area contributed by atoms with Gasteiger partial charge in [0, 0.05) is 27.1 Å². The zero-order valence-corrected chi connectivity index (χ0v) is 11.8. The molecule has 0 bridgehead atoms. The van der Waals surface area contributed by atoms with E-state index in [0.29, 0.717) is 6.54 Å². The van der Waals surface area contributed by atoms with Gasteiger partial charge in [-0.05, 0) is 42.3 Å². The van der Waals surface area contributed by atoms with Crippen molar-refractivity contribution in [2.24, 2.45) is 5.73 Å². The molecule has 0 saturated carbocycles. The van der Waals surface area contributed by atoms with Gasteiger partial charge < -0.3 is 10.8 Å². The van der Waals surface area contributed by atoms with Crippen LogP contribution in [0.25, 0.3) is 0 Å². The van der Waals surface area contributed by atoms with Crippen LogP contribution in [0.5, 0.6) is 0 Å². The number of aryl methyl sites for hydroxylation is 2. The summed E-state index contributed by atoms with van der Waals surface area (Å²) in [5.41, 5.74) is 7.29. The number of hydrogen-bond acceptors (Lipinski definition) is 4. The van der Waals surface area contributed by atoms with E-state index in [2.05, 4.69) is 12.1 Å². The second-order valence-corrected chi connectivity index (χ2v) is 6.90. The molecule has 2 heterocycles. The molecule has 1 aliphatic rings. The molecule has 2 aromatic rings. The van der Waals surface area contributed by atoms with Gasteiger partial charge >= 0.3 is 0 Å². The van der Waals surface area contributed by atoms with Gasteiger partial charge in [-0.3, -0.25) is 0 Å². The van der Waals surface area contributed by atoms with Gasteiger partial charge in [-0.1, -0.05) is 6.07 Å². The fourth-order valence-electron chi connectivity index (χ4n) is 2.60. The third kappa shape index (κ3) is 2.14. The first-order valence-corrected chi connectivity index (χ1v) is 8.02. The van der Waals surface area contributed by atoms with Crippen molar-refractivity contribution in [2.45, 2.75) is 31.3 Å². The van der Waals surface area contributed by atoms with E-state index in [1.165, 1.54) is 34.6 Å². The molecular formula is C14H17NOS2. The summed E-state index contributed by atoms with van der Waals surface area (Å²) in [6, 6.07) is 6.27. The molecule has 3 rings (SSSR count). The summed E-state index contributed by atoms with van der Waals surface area (Å²) in [5.74, 6) is 0.0313. The third-order valence-corrected chi connectivity index (χ3v) is 5.91. The number of nitrogens with two attached hydrogens (primary N) is 1. The van der Waals surface area contributed by atoms with Crippen molar-refractivity contribution >= 4 is 22.7 Å². The predicted octanol–water partition coefficient (Wildman–Crippen LogP) is 3.07. The fraction of sp³-hybridized carbons (Fsp3) is 0.429. The normalized spacial score (nSPS) is 17.7. The fourth-order valence-corrected chi connectivity index (χ4v) is 4.78. The zero-order chi connectivity index (χ0) is 12.5. The monoisotopic (exact) mass is 279 g/mol. The molecule has 2 nitrogen and oxygen atoms in total. The molecular weight excluding hydrogens is 262 g/mol. The Morgan fingerprint density at radius 3 is 2.89 bits per heavy atom. The summed E-state index contributed by atoms with van der Waals surface area (Å²) in [6.45, 7) is 0.490. The highest BCUT2D eigenvalue weighted by Gasteiger charge is 2.26. The van der Waals surface area contributed by atoms with Crippen LogP contribution in [0.2, 0.25) is 0 Å². The van der Waals surface area contributed by atoms with E-state index in [1.54, 1.807) is 22.7 Å². The van der Waals surface area contributed by atoms with Crippen LogP contribution in [0.4, 0.5) is 0 Å². The summed E-state index contributed by atoms with van der Waals surface area (Å²) < 4.78 is 0. The molecule has 96 valence electrons. The third-order valence-electron chi connectivity index (χ3n) is 3.60. The second kappa shape index (κ2) is 5.13. The first kappa shape index (κ1) is 12.4. The van der Waals surface area contributed by atoms with E-state index in [9.17, 15) is 5.11 Å². The van der Waals surface area contributed by atoms with Crippen molar-refractivity contribution in [1.82, 2.24) is 0 Å². The van der Waals surface area contributed by atoms with Crippen LogP contribution in [0.15, 0.2) is 23.6 Å². The molecule has 2 aromatic heterocycles. The van der Waals surface area contributed by atoms with Crippen LogP contribution >= 0.6 is 22.7 Å². The number of rotatable bonds is 4. The van der Waals surface area contributed by atoms with E-state index < -0.39 is 6.10 Å². The van der Waals surface area contributed by atoms with Gasteiger partial charge in [0.05, 0.1) is 6.10 Å². The molecule has 0 fully saturated rings. The second-order valence-electron chi connectivity index (χ2n) is 4.75. The molecule has 2 unspecified atom stereocenters. The lowest BCUT2D eigenvalue weighted by Crippen LogP contribution is -2.18. The largest absolute Gasteiger partial charge is 0.387 e. The van der Waals surface area contributed by atoms with Gasteiger partial charge in [0.15, 0.2) is 0 Å². The number of aliphatic hydroxyl groups excluding tert-OH is 1. The van der Waals surface area contributed by atoms with Gasteiger partial charge in [-0.15, -0.1) is 22.7 Å². The summed E-state index contributed by atoms with van der Waals surface area (Å²) in [6.07, 6.45) is 3.16. The highest BCUT2D eigenvalue weighted by atomic mass is 32.1. The molecule has 2 atom stereocenters. The standard InChI is InChI=1S/C14H17NOS2/c15-8-10(12-5-2-6-17-12)14(16)13-7-9-3-1-4-11(9)18-13/h2,5-7,10,14,16H,1,3-4,8,15H2. The Kier molecular flexibility index (Phi) is 3.52. The first-order valence-electron chi connectivity index (χ1n) is 6.32. The van der Waals surface area contributed by atoms with Crippen molar-refractivity contribution < 1.29 is 5.11 Å². The van der Waals surface area contributed by atoms with Gasteiger partial charge in [-0.25, -0.2) is 0 Å². The highest BCUT2D eigenvalue weighted by Crippen LogP contribution is 2.39. The van der Waals surface area contributed by atoms with E-state index in [4.69, 9.17) is 5.73 Å². The highest BCUT2D eigenvalue weighted by molar-refractivity contribution is 7.12. The molecule has 0 amide bonds. The first-order chi connectivity index (χ1) is 8.79. The Balaban J connectivity index is 1.86. The average Bonchev–Trinajstić information content (AvgIpc) is 3.05. The van der Waals surface area contributed by atoms with Crippen molar-refractivity contribution in [2.75, 3.05) is 6.54 Å². The Labute approximate surface area is 115 Å². The van der Waals surface area contributed by atoms with Crippen LogP contribution in [0.1, 0.15) is 38.6 Å². The maximum absolute atomic E-state index is 10.5. The molecule has 0 aromatic carbocycles. The Bertz CT molecular complexity index is 496. The average molecular weight is 279 g/mol. The Morgan fingerprint density at radius 1 is 1.33 bits per heavy atom. The Hall–Kier alpha value is -0.680. The number of aliphatic hydroxyl groups is 1. The Morgan fingerprint density at radius 2 is 2.22 bits per heavy atom. The molecule has 0 spiro atoms. The van der Waals surface area contributed by atoms with Crippen LogP contribution in [0.3, 0.4) is 0 Å². The van der Waals surface area contributed by atoms with Gasteiger partial charge in [0.1, 0.15) is 0 Å².